The number of hydrogen-bond donors (Lipinski definition) is 2. The van der Waals surface area contributed by atoms with E-state index in [0.717, 1.165) is 29.8 Å². The van der Waals surface area contributed by atoms with Crippen molar-refractivity contribution in [3.63, 3.8) is 0 Å². The normalized spacial score (nSPS) is 17.2. The second-order valence-corrected chi connectivity index (χ2v) is 10.4. The number of pyridine rings is 2. The van der Waals surface area contributed by atoms with Crippen LogP contribution in [0.25, 0.3) is 22.4 Å². The minimum Gasteiger partial charge on any atom is -0.432 e. The maximum atomic E-state index is 14.6. The molecule has 0 bridgehead atoms. The van der Waals surface area contributed by atoms with Crippen LogP contribution in [0.1, 0.15) is 24.1 Å². The lowest BCUT2D eigenvalue weighted by Crippen LogP contribution is -2.52. The van der Waals surface area contributed by atoms with E-state index in [1.54, 1.807) is 18.6 Å². The van der Waals surface area contributed by atoms with E-state index in [-0.39, 0.29) is 5.82 Å². The minimum absolute atomic E-state index is 0.258. The van der Waals surface area contributed by atoms with Crippen molar-refractivity contribution in [3.05, 3.63) is 83.5 Å². The van der Waals surface area contributed by atoms with E-state index < -0.39 is 23.7 Å². The fourth-order valence-corrected chi connectivity index (χ4v) is 5.46. The molecule has 1 unspecified atom stereocenters. The van der Waals surface area contributed by atoms with Gasteiger partial charge in [0.2, 0.25) is 0 Å². The summed E-state index contributed by atoms with van der Waals surface area (Å²) >= 11 is 6.17. The molecular weight excluding hydrogens is 571 g/mol. The van der Waals surface area contributed by atoms with Crippen LogP contribution in [0.3, 0.4) is 0 Å². The molecule has 0 amide bonds. The van der Waals surface area contributed by atoms with Crippen LogP contribution in [0.5, 0.6) is 5.75 Å². The number of imidazole rings is 1. The first-order valence-corrected chi connectivity index (χ1v) is 13.4. The molecule has 1 aromatic carbocycles. The molecule has 4 aromatic heterocycles. The van der Waals surface area contributed by atoms with Crippen LogP contribution >= 0.6 is 11.6 Å². The van der Waals surface area contributed by atoms with Gasteiger partial charge in [-0.1, -0.05) is 17.7 Å². The number of fused-ring (bicyclic) bond motifs is 1. The van der Waals surface area contributed by atoms with Gasteiger partial charge in [-0.3, -0.25) is 4.98 Å². The van der Waals surface area contributed by atoms with Crippen LogP contribution in [-0.2, 0) is 12.1 Å². The molecule has 1 aliphatic rings. The van der Waals surface area contributed by atoms with Gasteiger partial charge in [-0.15, -0.1) is 0 Å². The average molecular weight is 596 g/mol. The van der Waals surface area contributed by atoms with Crippen molar-refractivity contribution >= 4 is 34.3 Å². The van der Waals surface area contributed by atoms with Gasteiger partial charge in [-0.05, 0) is 54.8 Å². The predicted octanol–water partition coefficient (Wildman–Crippen LogP) is 4.76. The summed E-state index contributed by atoms with van der Waals surface area (Å²) in [4.78, 5) is 24.0. The Bertz CT molecular complexity index is 1770. The number of rotatable bonds is 7. The molecular formula is C28H25ClF3N9O. The molecule has 0 saturated carbocycles. The summed E-state index contributed by atoms with van der Waals surface area (Å²) in [6, 6.07) is 11.0. The van der Waals surface area contributed by atoms with Crippen LogP contribution in [0.2, 0.25) is 5.15 Å². The Morgan fingerprint density at radius 1 is 1.10 bits per heavy atom. The summed E-state index contributed by atoms with van der Waals surface area (Å²) in [6.07, 6.45) is 6.19. The summed E-state index contributed by atoms with van der Waals surface area (Å²) in [7, 11) is 0. The van der Waals surface area contributed by atoms with E-state index in [1.165, 1.54) is 12.4 Å². The second-order valence-electron chi connectivity index (χ2n) is 10.1. The number of nitrogens with two attached hydrogens (primary N) is 2. The van der Waals surface area contributed by atoms with Crippen LogP contribution in [-0.4, -0.2) is 49.2 Å². The highest BCUT2D eigenvalue weighted by atomic mass is 35.5. The molecule has 4 N–H and O–H groups in total. The lowest BCUT2D eigenvalue weighted by Gasteiger charge is -2.41. The summed E-state index contributed by atoms with van der Waals surface area (Å²) in [5.74, 6) is -1.21. The number of piperidine rings is 1. The van der Waals surface area contributed by atoms with E-state index in [4.69, 9.17) is 23.1 Å². The van der Waals surface area contributed by atoms with Gasteiger partial charge in [0.25, 0.3) is 0 Å². The third-order valence-corrected chi connectivity index (χ3v) is 7.48. The van der Waals surface area contributed by atoms with E-state index in [1.807, 2.05) is 22.8 Å². The first kappa shape index (κ1) is 27.7. The van der Waals surface area contributed by atoms with Crippen LogP contribution in [0, 0.1) is 5.82 Å². The summed E-state index contributed by atoms with van der Waals surface area (Å²) in [5.41, 5.74) is 16.3. The maximum absolute atomic E-state index is 14.6. The number of benzene rings is 1. The number of ether oxygens (including phenoxy) is 1. The molecule has 10 nitrogen and oxygen atoms in total. The van der Waals surface area contributed by atoms with Gasteiger partial charge >= 0.3 is 6.61 Å². The fraction of sp³-hybridized carbons (Fsp3) is 0.250. The molecule has 0 radical (unpaired) electrons. The first-order valence-electron chi connectivity index (χ1n) is 13.0. The van der Waals surface area contributed by atoms with Crippen molar-refractivity contribution in [2.75, 3.05) is 23.7 Å². The molecule has 1 fully saturated rings. The van der Waals surface area contributed by atoms with Gasteiger partial charge in [-0.25, -0.2) is 24.3 Å². The topological polar surface area (TPSA) is 134 Å². The number of alkyl halides is 2. The Morgan fingerprint density at radius 3 is 2.74 bits per heavy atom. The van der Waals surface area contributed by atoms with Crippen molar-refractivity contribution in [2.45, 2.75) is 31.5 Å². The molecule has 5 aromatic rings. The molecule has 42 heavy (non-hydrogen) atoms. The summed E-state index contributed by atoms with van der Waals surface area (Å²) < 4.78 is 46.0. The lowest BCUT2D eigenvalue weighted by molar-refractivity contribution is -0.0521. The van der Waals surface area contributed by atoms with Gasteiger partial charge < -0.3 is 25.7 Å². The highest BCUT2D eigenvalue weighted by Crippen LogP contribution is 2.35. The van der Waals surface area contributed by atoms with Crippen molar-refractivity contribution < 1.29 is 17.9 Å². The third-order valence-electron chi connectivity index (χ3n) is 7.27. The number of hydrogen-bond acceptors (Lipinski definition) is 9. The predicted molar refractivity (Wildman–Crippen MR) is 152 cm³/mol. The molecule has 1 aliphatic heterocycles. The SMILES string of the molecule is Nc1ncnc2c1ncn2Cc1cc(-c2ccc(OC(F)F)c(F)c2)ncc1N1CCCC(N)(c2cccc(Cl)n2)C1. The zero-order chi connectivity index (χ0) is 29.4. The average Bonchev–Trinajstić information content (AvgIpc) is 3.38. The molecule has 1 saturated heterocycles. The van der Waals surface area contributed by atoms with Gasteiger partial charge in [0.05, 0.1) is 41.7 Å². The lowest BCUT2D eigenvalue weighted by atomic mass is 9.86. The maximum Gasteiger partial charge on any atom is 0.387 e. The van der Waals surface area contributed by atoms with E-state index >= 15 is 0 Å². The Balaban J connectivity index is 1.40. The summed E-state index contributed by atoms with van der Waals surface area (Å²) in [6.45, 7) is -1.67. The van der Waals surface area contributed by atoms with E-state index in [9.17, 15) is 13.2 Å². The Labute approximate surface area is 243 Å². The van der Waals surface area contributed by atoms with Crippen LogP contribution in [0.4, 0.5) is 24.7 Å². The Hall–Kier alpha value is -4.49. The van der Waals surface area contributed by atoms with E-state index in [2.05, 4.69) is 34.6 Å². The Kier molecular flexibility index (Phi) is 7.29. The van der Waals surface area contributed by atoms with Crippen molar-refractivity contribution in [3.8, 4) is 17.0 Å². The van der Waals surface area contributed by atoms with Gasteiger partial charge in [0.15, 0.2) is 23.0 Å². The molecule has 14 heteroatoms. The van der Waals surface area contributed by atoms with Crippen molar-refractivity contribution in [1.82, 2.24) is 29.5 Å². The van der Waals surface area contributed by atoms with E-state index in [0.29, 0.717) is 59.3 Å². The number of anilines is 2. The van der Waals surface area contributed by atoms with Crippen molar-refractivity contribution in [1.29, 1.82) is 0 Å². The van der Waals surface area contributed by atoms with Gasteiger partial charge in [0.1, 0.15) is 17.0 Å². The highest BCUT2D eigenvalue weighted by Gasteiger charge is 2.35. The van der Waals surface area contributed by atoms with Crippen LogP contribution < -0.4 is 21.1 Å². The minimum atomic E-state index is -3.14. The van der Waals surface area contributed by atoms with Gasteiger partial charge in [-0.2, -0.15) is 8.78 Å². The molecule has 6 rings (SSSR count). The molecule has 216 valence electrons. The highest BCUT2D eigenvalue weighted by molar-refractivity contribution is 6.29. The molecule has 0 spiro atoms. The van der Waals surface area contributed by atoms with Crippen molar-refractivity contribution in [2.24, 2.45) is 5.73 Å². The van der Waals surface area contributed by atoms with Crippen LogP contribution in [0.15, 0.2) is 61.3 Å². The third kappa shape index (κ3) is 5.40. The molecule has 0 aliphatic carbocycles. The zero-order valence-electron chi connectivity index (χ0n) is 22.1. The fourth-order valence-electron chi connectivity index (χ4n) is 5.29. The monoisotopic (exact) mass is 595 g/mol. The smallest absolute Gasteiger partial charge is 0.387 e. The second kappa shape index (κ2) is 11.1. The quantitative estimate of drug-likeness (QED) is 0.255. The first-order chi connectivity index (χ1) is 20.2. The number of nitrogens with zero attached hydrogens (tertiary/aromatic N) is 7. The zero-order valence-corrected chi connectivity index (χ0v) is 22.8. The molecule has 5 heterocycles. The summed E-state index contributed by atoms with van der Waals surface area (Å²) in [5, 5.41) is 0.367. The number of nitrogen functional groups attached to an aromatic ring is 1. The largest absolute Gasteiger partial charge is 0.432 e. The number of halogens is 4. The standard InChI is InChI=1S/C28H25ClF3N9O/c29-23-4-1-3-22(39-23)28(34)7-2-8-40(13-28)20-11-35-19(16-5-6-21(18(30)9-16)42-27(31)32)10-17(20)12-41-15-38-24-25(33)36-14-37-26(24)41/h1,3-6,9-11,14-15,27H,2,7-8,12-13,34H2,(H2,33,36,37). The Morgan fingerprint density at radius 2 is 1.95 bits per heavy atom. The molecule has 1 atom stereocenters. The number of aromatic nitrogens is 6. The van der Waals surface area contributed by atoms with Gasteiger partial charge in [0, 0.05) is 18.7 Å².